The number of nitrogens with zero attached hydrogens (tertiary/aromatic N) is 1. The van der Waals surface area contributed by atoms with E-state index in [-0.39, 0.29) is 0 Å². The van der Waals surface area contributed by atoms with Crippen LogP contribution in [0.4, 0.5) is 17.1 Å². The van der Waals surface area contributed by atoms with E-state index in [2.05, 4.69) is 229 Å². The number of anilines is 3. The molecule has 280 valence electrons. The maximum absolute atomic E-state index is 2.45. The van der Waals surface area contributed by atoms with Gasteiger partial charge in [-0.05, 0) is 119 Å². The van der Waals surface area contributed by atoms with Gasteiger partial charge in [0.15, 0.2) is 0 Å². The standard InChI is InChI=1S/C58H37NS/c1-2-12-38(13-3-1)42-26-27-44-35-46(30-28-43(44)34-42)59(47-31-33-57-55(37-47)53-32-29-39-14-4-7-18-50(39)58(53)60-57)56-21-11-10-17-49(56)40-22-24-41(25-23-40)54-36-45-15-5-6-16-48(45)51-19-8-9-20-52(51)54/h1-37H. The highest BCUT2D eigenvalue weighted by molar-refractivity contribution is 7.26. The number of para-hydroxylation sites is 1. The van der Waals surface area contributed by atoms with Crippen molar-refractivity contribution in [1.82, 2.24) is 0 Å². The molecule has 1 heterocycles. The van der Waals surface area contributed by atoms with Crippen molar-refractivity contribution < 1.29 is 0 Å². The molecule has 0 saturated carbocycles. The number of benzene rings is 11. The fourth-order valence-electron chi connectivity index (χ4n) is 9.28. The molecule has 12 aromatic rings. The van der Waals surface area contributed by atoms with Gasteiger partial charge >= 0.3 is 0 Å². The van der Waals surface area contributed by atoms with Gasteiger partial charge in [-0.15, -0.1) is 11.3 Å². The Bertz CT molecular complexity index is 3600. The summed E-state index contributed by atoms with van der Waals surface area (Å²) in [5.74, 6) is 0. The Morgan fingerprint density at radius 1 is 0.283 bits per heavy atom. The molecular weight excluding hydrogens is 743 g/mol. The fourth-order valence-corrected chi connectivity index (χ4v) is 10.5. The molecule has 0 spiro atoms. The van der Waals surface area contributed by atoms with Crippen LogP contribution in [0.1, 0.15) is 0 Å². The Morgan fingerprint density at radius 3 is 1.73 bits per heavy atom. The van der Waals surface area contributed by atoms with Gasteiger partial charge in [0.1, 0.15) is 0 Å². The molecule has 0 unspecified atom stereocenters. The molecule has 0 atom stereocenters. The third kappa shape index (κ3) is 5.76. The van der Waals surface area contributed by atoms with Gasteiger partial charge in [-0.25, -0.2) is 0 Å². The minimum absolute atomic E-state index is 1.12. The molecule has 0 radical (unpaired) electrons. The van der Waals surface area contributed by atoms with Gasteiger partial charge in [0.05, 0.1) is 5.69 Å². The van der Waals surface area contributed by atoms with E-state index >= 15 is 0 Å². The van der Waals surface area contributed by atoms with Gasteiger partial charge in [-0.3, -0.25) is 0 Å². The van der Waals surface area contributed by atoms with Crippen molar-refractivity contribution in [3.05, 3.63) is 224 Å². The van der Waals surface area contributed by atoms with Crippen LogP contribution in [0, 0.1) is 0 Å². The zero-order chi connectivity index (χ0) is 39.6. The second-order valence-corrected chi connectivity index (χ2v) is 16.7. The zero-order valence-electron chi connectivity index (χ0n) is 32.7. The van der Waals surface area contributed by atoms with E-state index in [0.717, 1.165) is 17.1 Å². The molecular formula is C58H37NS. The van der Waals surface area contributed by atoms with Crippen LogP contribution in [-0.2, 0) is 0 Å². The summed E-state index contributed by atoms with van der Waals surface area (Å²) in [5.41, 5.74) is 10.6. The van der Waals surface area contributed by atoms with Gasteiger partial charge in [0.2, 0.25) is 0 Å². The Hall–Kier alpha value is -7.52. The lowest BCUT2D eigenvalue weighted by molar-refractivity contribution is 1.29. The van der Waals surface area contributed by atoms with E-state index in [1.165, 1.54) is 96.6 Å². The molecule has 0 aliphatic rings. The molecule has 1 aromatic heterocycles. The van der Waals surface area contributed by atoms with E-state index in [1.807, 2.05) is 11.3 Å². The Labute approximate surface area is 352 Å². The van der Waals surface area contributed by atoms with Crippen molar-refractivity contribution in [2.75, 3.05) is 4.90 Å². The number of hydrogen-bond donors (Lipinski definition) is 0. The minimum Gasteiger partial charge on any atom is -0.310 e. The summed E-state index contributed by atoms with van der Waals surface area (Å²) in [5, 5.41) is 12.7. The highest BCUT2D eigenvalue weighted by Gasteiger charge is 2.20. The molecule has 0 aliphatic carbocycles. The van der Waals surface area contributed by atoms with E-state index in [9.17, 15) is 0 Å². The van der Waals surface area contributed by atoms with Crippen molar-refractivity contribution in [2.24, 2.45) is 0 Å². The van der Waals surface area contributed by atoms with E-state index < -0.39 is 0 Å². The maximum atomic E-state index is 2.45. The SMILES string of the molecule is c1ccc(-c2ccc3cc(N(c4ccc5sc6c7ccccc7ccc6c5c4)c4ccccc4-c4ccc(-c5cc6ccccc6c6ccccc56)cc4)ccc3c2)cc1. The Kier molecular flexibility index (Phi) is 8.11. The zero-order valence-corrected chi connectivity index (χ0v) is 33.5. The quantitative estimate of drug-likeness (QED) is 0.152. The van der Waals surface area contributed by atoms with Crippen molar-refractivity contribution in [3.8, 4) is 33.4 Å². The molecule has 12 rings (SSSR count). The van der Waals surface area contributed by atoms with Crippen LogP contribution in [0.25, 0.3) is 96.6 Å². The van der Waals surface area contributed by atoms with Crippen LogP contribution in [0.15, 0.2) is 224 Å². The van der Waals surface area contributed by atoms with Crippen LogP contribution < -0.4 is 4.90 Å². The third-order valence-corrected chi connectivity index (χ3v) is 13.4. The maximum Gasteiger partial charge on any atom is 0.0540 e. The van der Waals surface area contributed by atoms with Crippen molar-refractivity contribution in [2.45, 2.75) is 0 Å². The molecule has 0 fully saturated rings. The molecule has 0 saturated heterocycles. The van der Waals surface area contributed by atoms with Crippen LogP contribution in [-0.4, -0.2) is 0 Å². The van der Waals surface area contributed by atoms with E-state index in [0.29, 0.717) is 0 Å². The summed E-state index contributed by atoms with van der Waals surface area (Å²) in [7, 11) is 0. The molecule has 0 aliphatic heterocycles. The lowest BCUT2D eigenvalue weighted by atomic mass is 9.92. The molecule has 0 amide bonds. The third-order valence-electron chi connectivity index (χ3n) is 12.2. The summed E-state index contributed by atoms with van der Waals surface area (Å²) in [6.45, 7) is 0. The first-order valence-corrected chi connectivity index (χ1v) is 21.4. The summed E-state index contributed by atoms with van der Waals surface area (Å²) in [4.78, 5) is 2.45. The second kappa shape index (κ2) is 14.1. The Morgan fingerprint density at radius 2 is 0.883 bits per heavy atom. The monoisotopic (exact) mass is 779 g/mol. The van der Waals surface area contributed by atoms with Crippen LogP contribution in [0.3, 0.4) is 0 Å². The smallest absolute Gasteiger partial charge is 0.0540 e. The van der Waals surface area contributed by atoms with Gasteiger partial charge in [0, 0.05) is 37.1 Å². The molecule has 2 heteroatoms. The van der Waals surface area contributed by atoms with Crippen LogP contribution in [0.5, 0.6) is 0 Å². The lowest BCUT2D eigenvalue weighted by Gasteiger charge is -2.28. The van der Waals surface area contributed by atoms with Crippen LogP contribution >= 0.6 is 11.3 Å². The largest absolute Gasteiger partial charge is 0.310 e. The van der Waals surface area contributed by atoms with Crippen molar-refractivity contribution in [3.63, 3.8) is 0 Å². The molecule has 11 aromatic carbocycles. The van der Waals surface area contributed by atoms with Gasteiger partial charge in [-0.1, -0.05) is 176 Å². The van der Waals surface area contributed by atoms with Gasteiger partial charge in [-0.2, -0.15) is 0 Å². The van der Waals surface area contributed by atoms with Crippen molar-refractivity contribution >= 4 is 91.7 Å². The van der Waals surface area contributed by atoms with Crippen molar-refractivity contribution in [1.29, 1.82) is 0 Å². The lowest BCUT2D eigenvalue weighted by Crippen LogP contribution is -2.11. The van der Waals surface area contributed by atoms with Gasteiger partial charge < -0.3 is 4.90 Å². The summed E-state index contributed by atoms with van der Waals surface area (Å²) in [6.07, 6.45) is 0. The molecule has 1 nitrogen and oxygen atoms in total. The number of fused-ring (bicyclic) bond motifs is 9. The summed E-state index contributed by atoms with van der Waals surface area (Å²) >= 11 is 1.89. The van der Waals surface area contributed by atoms with E-state index in [4.69, 9.17) is 0 Å². The first-order valence-electron chi connectivity index (χ1n) is 20.6. The summed E-state index contributed by atoms with van der Waals surface area (Å²) < 4.78 is 2.63. The molecule has 0 bridgehead atoms. The Balaban J connectivity index is 1.02. The first-order chi connectivity index (χ1) is 29.7. The number of hydrogen-bond acceptors (Lipinski definition) is 2. The molecule has 0 N–H and O–H groups in total. The van der Waals surface area contributed by atoms with Gasteiger partial charge in [0.25, 0.3) is 0 Å². The summed E-state index contributed by atoms with van der Waals surface area (Å²) in [6, 6.07) is 82.5. The number of thiophene rings is 1. The predicted molar refractivity (Wildman–Crippen MR) is 260 cm³/mol. The van der Waals surface area contributed by atoms with E-state index in [1.54, 1.807) is 0 Å². The fraction of sp³-hybridized carbons (Fsp3) is 0. The predicted octanol–water partition coefficient (Wildman–Crippen LogP) is 17.1. The normalized spacial score (nSPS) is 11.7. The topological polar surface area (TPSA) is 3.24 Å². The second-order valence-electron chi connectivity index (χ2n) is 15.7. The minimum atomic E-state index is 1.12. The highest BCUT2D eigenvalue weighted by atomic mass is 32.1. The van der Waals surface area contributed by atoms with Crippen LogP contribution in [0.2, 0.25) is 0 Å². The first kappa shape index (κ1) is 34.5. The number of rotatable bonds is 6. The average molecular weight is 780 g/mol. The molecule has 60 heavy (non-hydrogen) atoms. The average Bonchev–Trinajstić information content (AvgIpc) is 3.70. The highest BCUT2D eigenvalue weighted by Crippen LogP contribution is 2.46.